The minimum Gasteiger partial charge on any atom is -0.484 e. The summed E-state index contributed by atoms with van der Waals surface area (Å²) >= 11 is 1.31. The van der Waals surface area contributed by atoms with Crippen LogP contribution in [0.5, 0.6) is 5.75 Å². The SMILES string of the molecule is CN(Cc1nc2ccsc2c(=O)[nH]1)C(=O)COc1ccc([N+](=O)[O-])cc1. The molecular weight excluding hydrogens is 360 g/mol. The van der Waals surface area contributed by atoms with E-state index in [1.807, 2.05) is 0 Å². The van der Waals surface area contributed by atoms with Crippen LogP contribution < -0.4 is 10.3 Å². The topological polar surface area (TPSA) is 118 Å². The first-order valence-electron chi connectivity index (χ1n) is 7.51. The number of benzene rings is 1. The van der Waals surface area contributed by atoms with Crippen molar-refractivity contribution in [1.29, 1.82) is 0 Å². The predicted octanol–water partition coefficient (Wildman–Crippen LogP) is 1.93. The number of rotatable bonds is 6. The number of likely N-dealkylation sites (N-methyl/N-ethyl adjacent to an activating group) is 1. The number of amides is 1. The molecule has 0 atom stereocenters. The molecule has 0 aliphatic heterocycles. The van der Waals surface area contributed by atoms with Crippen LogP contribution in [0.4, 0.5) is 5.69 Å². The van der Waals surface area contributed by atoms with Gasteiger partial charge in [-0.15, -0.1) is 11.3 Å². The molecule has 10 heteroatoms. The molecule has 2 heterocycles. The van der Waals surface area contributed by atoms with Crippen LogP contribution in [0, 0.1) is 10.1 Å². The molecule has 0 fully saturated rings. The zero-order valence-electron chi connectivity index (χ0n) is 13.7. The highest BCUT2D eigenvalue weighted by atomic mass is 32.1. The lowest BCUT2D eigenvalue weighted by Gasteiger charge is -2.16. The van der Waals surface area contributed by atoms with Crippen LogP contribution in [-0.2, 0) is 11.3 Å². The highest BCUT2D eigenvalue weighted by Gasteiger charge is 2.13. The van der Waals surface area contributed by atoms with Crippen LogP contribution in [0.3, 0.4) is 0 Å². The average molecular weight is 374 g/mol. The number of nitrogens with zero attached hydrogens (tertiary/aromatic N) is 3. The number of nitro groups is 1. The van der Waals surface area contributed by atoms with Gasteiger partial charge >= 0.3 is 0 Å². The number of H-pyrrole nitrogens is 1. The molecule has 26 heavy (non-hydrogen) atoms. The Morgan fingerprint density at radius 1 is 1.35 bits per heavy atom. The first-order chi connectivity index (χ1) is 12.4. The lowest BCUT2D eigenvalue weighted by atomic mass is 10.3. The number of thiophene rings is 1. The van der Waals surface area contributed by atoms with Crippen molar-refractivity contribution in [3.05, 3.63) is 62.0 Å². The molecule has 0 saturated carbocycles. The van der Waals surface area contributed by atoms with Gasteiger partial charge in [-0.05, 0) is 23.6 Å². The van der Waals surface area contributed by atoms with Crippen molar-refractivity contribution in [3.63, 3.8) is 0 Å². The van der Waals surface area contributed by atoms with E-state index in [0.717, 1.165) is 0 Å². The molecule has 0 aliphatic carbocycles. The molecule has 0 aliphatic rings. The fourth-order valence-corrected chi connectivity index (χ4v) is 2.95. The van der Waals surface area contributed by atoms with Gasteiger partial charge in [0.2, 0.25) is 0 Å². The maximum atomic E-state index is 12.2. The summed E-state index contributed by atoms with van der Waals surface area (Å²) in [5.74, 6) is 0.409. The van der Waals surface area contributed by atoms with Crippen molar-refractivity contribution >= 4 is 33.1 Å². The lowest BCUT2D eigenvalue weighted by Crippen LogP contribution is -2.32. The highest BCUT2D eigenvalue weighted by molar-refractivity contribution is 7.17. The molecule has 0 spiro atoms. The summed E-state index contributed by atoms with van der Waals surface area (Å²) < 4.78 is 5.88. The van der Waals surface area contributed by atoms with Crippen LogP contribution in [0.2, 0.25) is 0 Å². The molecule has 0 radical (unpaired) electrons. The molecule has 0 bridgehead atoms. The van der Waals surface area contributed by atoms with Crippen molar-refractivity contribution in [2.24, 2.45) is 0 Å². The van der Waals surface area contributed by atoms with E-state index in [1.165, 1.54) is 40.5 Å². The summed E-state index contributed by atoms with van der Waals surface area (Å²) in [6.45, 7) is -0.108. The Labute approximate surface area is 151 Å². The van der Waals surface area contributed by atoms with Gasteiger partial charge in [0.05, 0.1) is 17.0 Å². The standard InChI is InChI=1S/C16H14N4O5S/c1-19(8-13-17-12-6-7-26-15(12)16(22)18-13)14(21)9-25-11-4-2-10(3-5-11)20(23)24/h2-7H,8-9H2,1H3,(H,17,18,22). The number of ether oxygens (including phenoxy) is 1. The van der Waals surface area contributed by atoms with E-state index in [-0.39, 0.29) is 30.3 Å². The normalized spacial score (nSPS) is 10.7. The number of hydrogen-bond acceptors (Lipinski definition) is 7. The van der Waals surface area contributed by atoms with Crippen molar-refractivity contribution < 1.29 is 14.5 Å². The van der Waals surface area contributed by atoms with Crippen LogP contribution in [0.15, 0.2) is 40.5 Å². The molecule has 9 nitrogen and oxygen atoms in total. The average Bonchev–Trinajstić information content (AvgIpc) is 3.09. The van der Waals surface area contributed by atoms with Gasteiger partial charge in [-0.3, -0.25) is 19.7 Å². The Morgan fingerprint density at radius 2 is 2.08 bits per heavy atom. The quantitative estimate of drug-likeness (QED) is 0.520. The van der Waals surface area contributed by atoms with Gasteiger partial charge < -0.3 is 14.6 Å². The number of aromatic nitrogens is 2. The first kappa shape index (κ1) is 17.5. The summed E-state index contributed by atoms with van der Waals surface area (Å²) in [6.07, 6.45) is 0. The summed E-state index contributed by atoms with van der Waals surface area (Å²) in [5.41, 5.74) is 0.305. The Morgan fingerprint density at radius 3 is 2.77 bits per heavy atom. The minimum absolute atomic E-state index is 0.0559. The van der Waals surface area contributed by atoms with E-state index in [2.05, 4.69) is 9.97 Å². The van der Waals surface area contributed by atoms with E-state index in [0.29, 0.717) is 21.8 Å². The van der Waals surface area contributed by atoms with Gasteiger partial charge in [0, 0.05) is 19.2 Å². The van der Waals surface area contributed by atoms with Gasteiger partial charge in [-0.25, -0.2) is 4.98 Å². The summed E-state index contributed by atoms with van der Waals surface area (Å²) in [7, 11) is 1.57. The van der Waals surface area contributed by atoms with E-state index < -0.39 is 4.92 Å². The van der Waals surface area contributed by atoms with Gasteiger partial charge in [-0.2, -0.15) is 0 Å². The molecule has 1 amide bonds. The zero-order chi connectivity index (χ0) is 18.7. The van der Waals surface area contributed by atoms with Gasteiger partial charge in [0.15, 0.2) is 6.61 Å². The van der Waals surface area contributed by atoms with Gasteiger partial charge in [-0.1, -0.05) is 0 Å². The second kappa shape index (κ2) is 7.31. The molecular formula is C16H14N4O5S. The monoisotopic (exact) mass is 374 g/mol. The molecule has 0 unspecified atom stereocenters. The Hall–Kier alpha value is -3.27. The van der Waals surface area contributed by atoms with Crippen LogP contribution in [0.1, 0.15) is 5.82 Å². The largest absolute Gasteiger partial charge is 0.484 e. The van der Waals surface area contributed by atoms with Crippen LogP contribution >= 0.6 is 11.3 Å². The lowest BCUT2D eigenvalue weighted by molar-refractivity contribution is -0.384. The molecule has 3 rings (SSSR count). The maximum absolute atomic E-state index is 12.2. The number of hydrogen-bond donors (Lipinski definition) is 1. The summed E-state index contributed by atoms with van der Waals surface area (Å²) in [6, 6.07) is 7.20. The zero-order valence-corrected chi connectivity index (χ0v) is 14.5. The van der Waals surface area contributed by atoms with E-state index in [4.69, 9.17) is 4.74 Å². The number of carbonyl (C=O) groups excluding carboxylic acids is 1. The number of non-ortho nitro benzene ring substituents is 1. The Balaban J connectivity index is 1.60. The van der Waals surface area contributed by atoms with Crippen LogP contribution in [-0.4, -0.2) is 39.4 Å². The second-order valence-corrected chi connectivity index (χ2v) is 6.35. The first-order valence-corrected chi connectivity index (χ1v) is 8.39. The van der Waals surface area contributed by atoms with Gasteiger partial charge in [0.25, 0.3) is 17.2 Å². The molecule has 1 aromatic carbocycles. The fourth-order valence-electron chi connectivity index (χ4n) is 2.23. The highest BCUT2D eigenvalue weighted by Crippen LogP contribution is 2.17. The van der Waals surface area contributed by atoms with E-state index in [1.54, 1.807) is 18.5 Å². The predicted molar refractivity (Wildman–Crippen MR) is 95.3 cm³/mol. The third-order valence-electron chi connectivity index (χ3n) is 3.59. The summed E-state index contributed by atoms with van der Waals surface area (Å²) in [5, 5.41) is 12.4. The Bertz CT molecular complexity index is 1010. The number of aromatic amines is 1. The Kier molecular flexibility index (Phi) is 4.94. The number of fused-ring (bicyclic) bond motifs is 1. The van der Waals surface area contributed by atoms with Crippen LogP contribution in [0.25, 0.3) is 10.2 Å². The minimum atomic E-state index is -0.513. The maximum Gasteiger partial charge on any atom is 0.269 e. The van der Waals surface area contributed by atoms with E-state index in [9.17, 15) is 19.7 Å². The van der Waals surface area contributed by atoms with E-state index >= 15 is 0 Å². The number of carbonyl (C=O) groups is 1. The second-order valence-electron chi connectivity index (χ2n) is 5.44. The van der Waals surface area contributed by atoms with Crippen molar-refractivity contribution in [2.75, 3.05) is 13.7 Å². The molecule has 2 aromatic heterocycles. The van der Waals surface area contributed by atoms with Crippen molar-refractivity contribution in [3.8, 4) is 5.75 Å². The molecule has 0 saturated heterocycles. The fraction of sp³-hybridized carbons (Fsp3) is 0.188. The number of nitrogens with one attached hydrogen (secondary N) is 1. The van der Waals surface area contributed by atoms with Crippen molar-refractivity contribution in [1.82, 2.24) is 14.9 Å². The van der Waals surface area contributed by atoms with Gasteiger partial charge in [0.1, 0.15) is 16.3 Å². The molecule has 3 aromatic rings. The third-order valence-corrected chi connectivity index (χ3v) is 4.49. The molecule has 1 N–H and O–H groups in total. The smallest absolute Gasteiger partial charge is 0.269 e. The number of nitro benzene ring substituents is 1. The van der Waals surface area contributed by atoms with Crippen molar-refractivity contribution in [2.45, 2.75) is 6.54 Å². The molecule has 134 valence electrons. The third kappa shape index (κ3) is 3.86. The summed E-state index contributed by atoms with van der Waals surface area (Å²) in [4.78, 5) is 42.6.